The van der Waals surface area contributed by atoms with Crippen molar-refractivity contribution in [1.82, 2.24) is 4.90 Å². The lowest BCUT2D eigenvalue weighted by Gasteiger charge is -2.27. The van der Waals surface area contributed by atoms with Crippen LogP contribution < -0.4 is 14.8 Å². The van der Waals surface area contributed by atoms with E-state index >= 15 is 0 Å². The molecule has 1 N–H and O–H groups in total. The number of amides is 1. The smallest absolute Gasteiger partial charge is 0.417 e. The Kier molecular flexibility index (Phi) is 6.78. The van der Waals surface area contributed by atoms with Crippen molar-refractivity contribution in [2.24, 2.45) is 0 Å². The first-order valence-corrected chi connectivity index (χ1v) is 8.93. The molecule has 6 nitrogen and oxygen atoms in total. The van der Waals surface area contributed by atoms with E-state index in [9.17, 15) is 13.6 Å². The van der Waals surface area contributed by atoms with Crippen molar-refractivity contribution in [3.63, 3.8) is 0 Å². The van der Waals surface area contributed by atoms with Gasteiger partial charge in [0.2, 0.25) is 0 Å². The summed E-state index contributed by atoms with van der Waals surface area (Å²) in [4.78, 5) is 14.3. The van der Waals surface area contributed by atoms with E-state index in [1.165, 1.54) is 6.07 Å². The number of carbonyl (C=O) groups excluding carboxylic acids is 1. The average Bonchev–Trinajstić information content (AvgIpc) is 2.66. The van der Waals surface area contributed by atoms with E-state index < -0.39 is 12.7 Å². The minimum atomic E-state index is -2.96. The third-order valence-corrected chi connectivity index (χ3v) is 4.38. The second-order valence-corrected chi connectivity index (χ2v) is 6.35. The molecule has 0 aliphatic carbocycles. The zero-order valence-corrected chi connectivity index (χ0v) is 15.5. The Labute approximate surface area is 162 Å². The number of ether oxygens (including phenoxy) is 3. The lowest BCUT2D eigenvalue weighted by molar-refractivity contribution is -0.0503. The van der Waals surface area contributed by atoms with Crippen molar-refractivity contribution >= 4 is 11.8 Å². The minimum absolute atomic E-state index is 0.0239. The Morgan fingerprint density at radius 2 is 1.93 bits per heavy atom. The van der Waals surface area contributed by atoms with Crippen molar-refractivity contribution in [1.29, 1.82) is 0 Å². The molecule has 0 bridgehead atoms. The van der Waals surface area contributed by atoms with Crippen LogP contribution in [0.5, 0.6) is 11.5 Å². The fourth-order valence-electron chi connectivity index (χ4n) is 2.94. The van der Waals surface area contributed by atoms with Gasteiger partial charge in [0, 0.05) is 31.4 Å². The van der Waals surface area contributed by atoms with Gasteiger partial charge in [0.1, 0.15) is 11.5 Å². The van der Waals surface area contributed by atoms with Crippen LogP contribution in [-0.4, -0.2) is 43.9 Å². The maximum absolute atomic E-state index is 12.8. The summed E-state index contributed by atoms with van der Waals surface area (Å²) in [6.07, 6.45) is -0.713. The Hall–Kier alpha value is -2.71. The van der Waals surface area contributed by atoms with Crippen LogP contribution in [0.2, 0.25) is 0 Å². The molecule has 1 fully saturated rings. The summed E-state index contributed by atoms with van der Waals surface area (Å²) >= 11 is 0. The molecule has 0 saturated carbocycles. The van der Waals surface area contributed by atoms with Crippen LogP contribution in [0.1, 0.15) is 11.1 Å². The van der Waals surface area contributed by atoms with Crippen molar-refractivity contribution < 1.29 is 27.8 Å². The third-order valence-electron chi connectivity index (χ3n) is 4.38. The number of alkyl halides is 2. The zero-order valence-electron chi connectivity index (χ0n) is 15.5. The van der Waals surface area contributed by atoms with E-state index in [1.54, 1.807) is 43.3 Å². The van der Waals surface area contributed by atoms with E-state index in [1.807, 2.05) is 0 Å². The molecule has 1 heterocycles. The maximum atomic E-state index is 12.8. The highest BCUT2D eigenvalue weighted by Crippen LogP contribution is 2.29. The number of hydrogen-bond acceptors (Lipinski definition) is 5. The molecular formula is C20H22F2N2O4. The summed E-state index contributed by atoms with van der Waals surface area (Å²) < 4.78 is 40.8. The first kappa shape index (κ1) is 20.0. The van der Waals surface area contributed by atoms with Crippen LogP contribution in [0.3, 0.4) is 0 Å². The van der Waals surface area contributed by atoms with Crippen molar-refractivity contribution in [2.45, 2.75) is 20.1 Å². The molecule has 0 atom stereocenters. The van der Waals surface area contributed by atoms with Crippen molar-refractivity contribution in [2.75, 3.05) is 31.6 Å². The molecule has 1 amide bonds. The topological polar surface area (TPSA) is 60.0 Å². The molecule has 0 aromatic heterocycles. The van der Waals surface area contributed by atoms with Gasteiger partial charge in [-0.05, 0) is 36.2 Å². The second-order valence-electron chi connectivity index (χ2n) is 6.35. The molecule has 1 saturated heterocycles. The van der Waals surface area contributed by atoms with Gasteiger partial charge in [-0.3, -0.25) is 10.2 Å². The third kappa shape index (κ3) is 5.64. The zero-order chi connectivity index (χ0) is 19.9. The number of para-hydroxylation sites is 1. The highest BCUT2D eigenvalue weighted by atomic mass is 19.3. The number of anilines is 1. The number of rotatable bonds is 6. The van der Waals surface area contributed by atoms with Gasteiger partial charge in [0.05, 0.1) is 13.2 Å². The first-order valence-electron chi connectivity index (χ1n) is 8.93. The molecule has 8 heteroatoms. The summed E-state index contributed by atoms with van der Waals surface area (Å²) in [5.41, 5.74) is 1.72. The predicted octanol–water partition coefficient (Wildman–Crippen LogP) is 4.04. The van der Waals surface area contributed by atoms with Crippen LogP contribution in [0, 0.1) is 6.92 Å². The molecule has 0 unspecified atom stereocenters. The van der Waals surface area contributed by atoms with E-state index in [2.05, 4.69) is 15.0 Å². The van der Waals surface area contributed by atoms with Gasteiger partial charge < -0.3 is 14.2 Å². The summed E-state index contributed by atoms with van der Waals surface area (Å²) in [5, 5.41) is 2.58. The number of nitrogens with one attached hydrogen (secondary N) is 1. The number of nitrogens with zero attached hydrogens (tertiary/aromatic N) is 1. The van der Waals surface area contributed by atoms with E-state index in [0.29, 0.717) is 36.8 Å². The SMILES string of the molecule is Cc1c(CN2CCOCC2)cc(NC(=O)Oc2ccccc2)cc1OC(F)F. The van der Waals surface area contributed by atoms with Crippen molar-refractivity contribution in [3.05, 3.63) is 53.6 Å². The Morgan fingerprint density at radius 1 is 1.21 bits per heavy atom. The number of carbonyl (C=O) groups is 1. The summed E-state index contributed by atoms with van der Waals surface area (Å²) in [6, 6.07) is 11.7. The second kappa shape index (κ2) is 9.48. The lowest BCUT2D eigenvalue weighted by atomic mass is 10.1. The number of morpholine rings is 1. The van der Waals surface area contributed by atoms with Gasteiger partial charge in [-0.15, -0.1) is 0 Å². The van der Waals surface area contributed by atoms with Crippen LogP contribution in [-0.2, 0) is 11.3 Å². The summed E-state index contributed by atoms with van der Waals surface area (Å²) in [6.45, 7) is 2.05. The molecule has 150 valence electrons. The molecule has 1 aliphatic heterocycles. The molecule has 2 aromatic carbocycles. The molecule has 1 aliphatic rings. The standard InChI is InChI=1S/C20H22F2N2O4/c1-14-15(13-24-7-9-26-10-8-24)11-16(12-18(14)28-19(21)22)23-20(25)27-17-5-3-2-4-6-17/h2-6,11-12,19H,7-10,13H2,1H3,(H,23,25). The first-order chi connectivity index (χ1) is 13.5. The molecule has 28 heavy (non-hydrogen) atoms. The quantitative estimate of drug-likeness (QED) is 0.804. The van der Waals surface area contributed by atoms with Gasteiger partial charge in [-0.2, -0.15) is 8.78 Å². The lowest BCUT2D eigenvalue weighted by Crippen LogP contribution is -2.35. The Balaban J connectivity index is 1.78. The fraction of sp³-hybridized carbons (Fsp3) is 0.350. The largest absolute Gasteiger partial charge is 0.434 e. The Bertz CT molecular complexity index is 796. The molecule has 3 rings (SSSR count). The van der Waals surface area contributed by atoms with E-state index in [0.717, 1.165) is 18.7 Å². The molecule has 2 aromatic rings. The minimum Gasteiger partial charge on any atom is -0.434 e. The normalized spacial score (nSPS) is 14.7. The van der Waals surface area contributed by atoms with Gasteiger partial charge in [0.25, 0.3) is 0 Å². The van der Waals surface area contributed by atoms with Gasteiger partial charge in [-0.25, -0.2) is 4.79 Å². The number of hydrogen-bond donors (Lipinski definition) is 1. The van der Waals surface area contributed by atoms with E-state index in [4.69, 9.17) is 9.47 Å². The summed E-state index contributed by atoms with van der Waals surface area (Å²) in [5.74, 6) is 0.403. The van der Waals surface area contributed by atoms with Crippen LogP contribution >= 0.6 is 0 Å². The van der Waals surface area contributed by atoms with Crippen LogP contribution in [0.25, 0.3) is 0 Å². The van der Waals surface area contributed by atoms with E-state index in [-0.39, 0.29) is 5.75 Å². The molecular weight excluding hydrogens is 370 g/mol. The molecule has 0 spiro atoms. The predicted molar refractivity (Wildman–Crippen MR) is 100.0 cm³/mol. The highest BCUT2D eigenvalue weighted by Gasteiger charge is 2.18. The van der Waals surface area contributed by atoms with Crippen molar-refractivity contribution in [3.8, 4) is 11.5 Å². The number of halogens is 2. The number of benzene rings is 2. The average molecular weight is 392 g/mol. The monoisotopic (exact) mass is 392 g/mol. The van der Waals surface area contributed by atoms with Gasteiger partial charge in [0.15, 0.2) is 0 Å². The summed E-state index contributed by atoms with van der Waals surface area (Å²) in [7, 11) is 0. The van der Waals surface area contributed by atoms with Crippen LogP contribution in [0.4, 0.5) is 19.3 Å². The Morgan fingerprint density at radius 3 is 2.61 bits per heavy atom. The molecule has 0 radical (unpaired) electrons. The van der Waals surface area contributed by atoms with Crippen LogP contribution in [0.15, 0.2) is 42.5 Å². The highest BCUT2D eigenvalue weighted by molar-refractivity contribution is 5.86. The van der Waals surface area contributed by atoms with Gasteiger partial charge in [-0.1, -0.05) is 18.2 Å². The fourth-order valence-corrected chi connectivity index (χ4v) is 2.94. The van der Waals surface area contributed by atoms with Gasteiger partial charge >= 0.3 is 12.7 Å². The maximum Gasteiger partial charge on any atom is 0.417 e.